The number of rotatable bonds is 7. The number of alkyl halides is 1. The van der Waals surface area contributed by atoms with E-state index in [2.05, 4.69) is 23.8 Å². The standard InChI is InChI=1S/C15H21ClN2OS/c1-11(7-9-20-3)18-14-10-12(19-2)4-5-13(14)17-15(18)6-8-16/h4-5,10-11H,6-9H2,1-3H3. The molecule has 2 rings (SSSR count). The van der Waals surface area contributed by atoms with Gasteiger partial charge in [0.1, 0.15) is 11.6 Å². The summed E-state index contributed by atoms with van der Waals surface area (Å²) in [5, 5.41) is 0. The number of benzene rings is 1. The Morgan fingerprint density at radius 2 is 2.25 bits per heavy atom. The second-order valence-corrected chi connectivity index (χ2v) is 6.19. The first-order valence-corrected chi connectivity index (χ1v) is 8.73. The molecule has 1 aromatic carbocycles. The molecule has 0 aliphatic rings. The zero-order valence-electron chi connectivity index (χ0n) is 12.2. The number of hydrogen-bond acceptors (Lipinski definition) is 3. The minimum atomic E-state index is 0.415. The van der Waals surface area contributed by atoms with Crippen molar-refractivity contribution in [2.75, 3.05) is 25.0 Å². The molecule has 0 spiro atoms. The Kier molecular flexibility index (Phi) is 5.61. The van der Waals surface area contributed by atoms with Gasteiger partial charge in [-0.25, -0.2) is 4.98 Å². The summed E-state index contributed by atoms with van der Waals surface area (Å²) in [6, 6.07) is 6.45. The van der Waals surface area contributed by atoms with Gasteiger partial charge in [0.25, 0.3) is 0 Å². The Morgan fingerprint density at radius 3 is 2.90 bits per heavy atom. The molecule has 0 saturated carbocycles. The number of fused-ring (bicyclic) bond motifs is 1. The molecule has 0 bridgehead atoms. The van der Waals surface area contributed by atoms with Gasteiger partial charge in [-0.15, -0.1) is 11.6 Å². The van der Waals surface area contributed by atoms with Gasteiger partial charge in [0.2, 0.25) is 0 Å². The fraction of sp³-hybridized carbons (Fsp3) is 0.533. The molecular weight excluding hydrogens is 292 g/mol. The summed E-state index contributed by atoms with van der Waals surface area (Å²) in [4.78, 5) is 4.72. The van der Waals surface area contributed by atoms with E-state index in [1.165, 1.54) is 0 Å². The van der Waals surface area contributed by atoms with Crippen LogP contribution in [0.15, 0.2) is 18.2 Å². The van der Waals surface area contributed by atoms with Crippen molar-refractivity contribution < 1.29 is 4.74 Å². The number of ether oxygens (including phenoxy) is 1. The van der Waals surface area contributed by atoms with Crippen molar-refractivity contribution in [3.8, 4) is 5.75 Å². The van der Waals surface area contributed by atoms with E-state index < -0.39 is 0 Å². The van der Waals surface area contributed by atoms with Crippen LogP contribution in [0.1, 0.15) is 25.2 Å². The zero-order valence-corrected chi connectivity index (χ0v) is 13.8. The third-order valence-corrected chi connectivity index (χ3v) is 4.30. The molecule has 0 amide bonds. The lowest BCUT2D eigenvalue weighted by molar-refractivity contribution is 0.415. The van der Waals surface area contributed by atoms with E-state index in [4.69, 9.17) is 21.3 Å². The van der Waals surface area contributed by atoms with E-state index in [9.17, 15) is 0 Å². The van der Waals surface area contributed by atoms with Gasteiger partial charge in [-0.1, -0.05) is 0 Å². The molecule has 0 aliphatic heterocycles. The highest BCUT2D eigenvalue weighted by molar-refractivity contribution is 7.98. The van der Waals surface area contributed by atoms with E-state index in [0.29, 0.717) is 11.9 Å². The fourth-order valence-electron chi connectivity index (χ4n) is 2.42. The van der Waals surface area contributed by atoms with Crippen LogP contribution in [0.5, 0.6) is 5.75 Å². The monoisotopic (exact) mass is 312 g/mol. The molecule has 110 valence electrons. The summed E-state index contributed by atoms with van der Waals surface area (Å²) >= 11 is 7.80. The Balaban J connectivity index is 2.47. The Hall–Kier alpha value is -0.870. The number of aryl methyl sites for hydroxylation is 1. The number of aromatic nitrogens is 2. The van der Waals surface area contributed by atoms with Crippen molar-refractivity contribution in [2.45, 2.75) is 25.8 Å². The minimum absolute atomic E-state index is 0.415. The van der Waals surface area contributed by atoms with E-state index in [-0.39, 0.29) is 0 Å². The highest BCUT2D eigenvalue weighted by Gasteiger charge is 2.16. The van der Waals surface area contributed by atoms with Crippen molar-refractivity contribution in [1.82, 2.24) is 9.55 Å². The van der Waals surface area contributed by atoms with E-state index >= 15 is 0 Å². The van der Waals surface area contributed by atoms with Crippen LogP contribution < -0.4 is 4.74 Å². The van der Waals surface area contributed by atoms with Crippen LogP contribution in [0.3, 0.4) is 0 Å². The van der Waals surface area contributed by atoms with Crippen molar-refractivity contribution in [2.24, 2.45) is 0 Å². The van der Waals surface area contributed by atoms with E-state index in [0.717, 1.165) is 41.2 Å². The molecular formula is C15H21ClN2OS. The highest BCUT2D eigenvalue weighted by atomic mass is 35.5. The first-order valence-electron chi connectivity index (χ1n) is 6.81. The van der Waals surface area contributed by atoms with Crippen molar-refractivity contribution >= 4 is 34.4 Å². The van der Waals surface area contributed by atoms with Gasteiger partial charge in [0, 0.05) is 24.4 Å². The summed E-state index contributed by atoms with van der Waals surface area (Å²) in [5.74, 6) is 3.67. The van der Waals surface area contributed by atoms with Gasteiger partial charge in [-0.05, 0) is 37.5 Å². The fourth-order valence-corrected chi connectivity index (χ4v) is 3.17. The summed E-state index contributed by atoms with van der Waals surface area (Å²) in [6.45, 7) is 2.24. The molecule has 3 nitrogen and oxygen atoms in total. The maximum atomic E-state index is 5.92. The Bertz CT molecular complexity index is 570. The molecule has 1 atom stereocenters. The van der Waals surface area contributed by atoms with Crippen LogP contribution >= 0.6 is 23.4 Å². The quantitative estimate of drug-likeness (QED) is 0.719. The summed E-state index contributed by atoms with van der Waals surface area (Å²) in [6.07, 6.45) is 4.06. The normalized spacial score (nSPS) is 12.8. The van der Waals surface area contributed by atoms with Crippen LogP contribution in [-0.2, 0) is 6.42 Å². The number of nitrogens with zero attached hydrogens (tertiary/aromatic N) is 2. The van der Waals surface area contributed by atoms with Crippen LogP contribution in [-0.4, -0.2) is 34.5 Å². The van der Waals surface area contributed by atoms with E-state index in [1.807, 2.05) is 23.9 Å². The topological polar surface area (TPSA) is 27.1 Å². The SMILES string of the molecule is COc1ccc2nc(CCCl)n(C(C)CCSC)c2c1. The lowest BCUT2D eigenvalue weighted by Crippen LogP contribution is -2.11. The highest BCUT2D eigenvalue weighted by Crippen LogP contribution is 2.27. The number of imidazole rings is 1. The second kappa shape index (κ2) is 7.23. The summed E-state index contributed by atoms with van der Waals surface area (Å²) in [7, 11) is 1.69. The third kappa shape index (κ3) is 3.23. The molecule has 20 heavy (non-hydrogen) atoms. The molecule has 5 heteroatoms. The summed E-state index contributed by atoms with van der Waals surface area (Å²) in [5.41, 5.74) is 2.15. The number of hydrogen-bond donors (Lipinski definition) is 0. The van der Waals surface area contributed by atoms with Crippen LogP contribution in [0, 0.1) is 0 Å². The Labute approximate surface area is 129 Å². The molecule has 2 aromatic rings. The third-order valence-electron chi connectivity index (χ3n) is 3.47. The number of halogens is 1. The molecule has 0 aliphatic carbocycles. The lowest BCUT2D eigenvalue weighted by atomic mass is 10.2. The average Bonchev–Trinajstić information content (AvgIpc) is 2.82. The van der Waals surface area contributed by atoms with Crippen molar-refractivity contribution in [1.29, 1.82) is 0 Å². The largest absolute Gasteiger partial charge is 0.497 e. The van der Waals surface area contributed by atoms with Gasteiger partial charge in [-0.3, -0.25) is 0 Å². The minimum Gasteiger partial charge on any atom is -0.497 e. The maximum absolute atomic E-state index is 5.92. The zero-order chi connectivity index (χ0) is 14.5. The Morgan fingerprint density at radius 1 is 1.45 bits per heavy atom. The molecule has 1 aromatic heterocycles. The molecule has 0 radical (unpaired) electrons. The predicted molar refractivity (Wildman–Crippen MR) is 88.4 cm³/mol. The van der Waals surface area contributed by atoms with Gasteiger partial charge in [0.05, 0.1) is 18.1 Å². The van der Waals surface area contributed by atoms with Gasteiger partial charge in [-0.2, -0.15) is 11.8 Å². The van der Waals surface area contributed by atoms with Gasteiger partial charge in [0.15, 0.2) is 0 Å². The van der Waals surface area contributed by atoms with E-state index in [1.54, 1.807) is 7.11 Å². The second-order valence-electron chi connectivity index (χ2n) is 4.82. The van der Waals surface area contributed by atoms with Crippen molar-refractivity contribution in [3.05, 3.63) is 24.0 Å². The average molecular weight is 313 g/mol. The number of thioether (sulfide) groups is 1. The molecule has 1 unspecified atom stereocenters. The van der Waals surface area contributed by atoms with Gasteiger partial charge >= 0.3 is 0 Å². The van der Waals surface area contributed by atoms with Crippen molar-refractivity contribution in [3.63, 3.8) is 0 Å². The first-order chi connectivity index (χ1) is 9.71. The van der Waals surface area contributed by atoms with Gasteiger partial charge < -0.3 is 9.30 Å². The molecule has 1 heterocycles. The molecule has 0 N–H and O–H groups in total. The first kappa shape index (κ1) is 15.5. The van der Waals surface area contributed by atoms with Crippen LogP contribution in [0.2, 0.25) is 0 Å². The lowest BCUT2D eigenvalue weighted by Gasteiger charge is -2.17. The van der Waals surface area contributed by atoms with Crippen LogP contribution in [0.25, 0.3) is 11.0 Å². The smallest absolute Gasteiger partial charge is 0.121 e. The molecule has 0 saturated heterocycles. The maximum Gasteiger partial charge on any atom is 0.121 e. The molecule has 0 fully saturated rings. The predicted octanol–water partition coefficient (Wildman–Crippen LogP) is 4.14. The number of methoxy groups -OCH3 is 1. The summed E-state index contributed by atoms with van der Waals surface area (Å²) < 4.78 is 7.65. The van der Waals surface area contributed by atoms with Crippen LogP contribution in [0.4, 0.5) is 0 Å².